The summed E-state index contributed by atoms with van der Waals surface area (Å²) in [4.78, 5) is 0. The lowest BCUT2D eigenvalue weighted by atomic mass is 10.2. The third-order valence-corrected chi connectivity index (χ3v) is 3.13. The summed E-state index contributed by atoms with van der Waals surface area (Å²) < 4.78 is 7.12. The van der Waals surface area contributed by atoms with Crippen LogP contribution in [-0.4, -0.2) is 30.0 Å². The van der Waals surface area contributed by atoms with Gasteiger partial charge in [-0.15, -0.1) is 0 Å². The molecule has 0 unspecified atom stereocenters. The molecule has 0 aliphatic heterocycles. The molecule has 0 spiro atoms. The Kier molecular flexibility index (Phi) is 6.22. The van der Waals surface area contributed by atoms with Gasteiger partial charge in [-0.2, -0.15) is 5.10 Å². The van der Waals surface area contributed by atoms with Crippen molar-refractivity contribution in [1.82, 2.24) is 15.1 Å². The maximum Gasteiger partial charge on any atom is 0.0638 e. The standard InChI is InChI=1S/C13H25N3O/c1-5-13(6-2)16-10-12(11(3)15-16)9-14-7-8-17-4/h10,13-14H,5-9H2,1-4H3. The predicted molar refractivity (Wildman–Crippen MR) is 70.2 cm³/mol. The van der Waals surface area contributed by atoms with Gasteiger partial charge in [0, 0.05) is 32.0 Å². The van der Waals surface area contributed by atoms with E-state index in [1.807, 2.05) is 0 Å². The van der Waals surface area contributed by atoms with Gasteiger partial charge >= 0.3 is 0 Å². The zero-order valence-corrected chi connectivity index (χ0v) is 11.5. The van der Waals surface area contributed by atoms with Crippen LogP contribution in [0.2, 0.25) is 0 Å². The summed E-state index contributed by atoms with van der Waals surface area (Å²) in [7, 11) is 1.72. The number of nitrogens with zero attached hydrogens (tertiary/aromatic N) is 2. The highest BCUT2D eigenvalue weighted by molar-refractivity contribution is 5.15. The first-order valence-corrected chi connectivity index (χ1v) is 6.47. The Hall–Kier alpha value is -0.870. The van der Waals surface area contributed by atoms with Crippen LogP contribution in [-0.2, 0) is 11.3 Å². The molecular weight excluding hydrogens is 214 g/mol. The summed E-state index contributed by atoms with van der Waals surface area (Å²) in [5, 5.41) is 7.95. The number of aryl methyl sites for hydroxylation is 1. The summed E-state index contributed by atoms with van der Waals surface area (Å²) in [6.07, 6.45) is 4.44. The van der Waals surface area contributed by atoms with Crippen molar-refractivity contribution < 1.29 is 4.74 Å². The number of hydrogen-bond acceptors (Lipinski definition) is 3. The van der Waals surface area contributed by atoms with Crippen molar-refractivity contribution in [2.45, 2.75) is 46.2 Å². The molecule has 0 radical (unpaired) electrons. The van der Waals surface area contributed by atoms with E-state index in [4.69, 9.17) is 4.74 Å². The molecule has 17 heavy (non-hydrogen) atoms. The molecule has 1 heterocycles. The van der Waals surface area contributed by atoms with Gasteiger partial charge in [-0.25, -0.2) is 0 Å². The van der Waals surface area contributed by atoms with E-state index < -0.39 is 0 Å². The molecule has 4 heteroatoms. The summed E-state index contributed by atoms with van der Waals surface area (Å²) in [5.74, 6) is 0. The molecule has 0 amide bonds. The predicted octanol–water partition coefficient (Wildman–Crippen LogP) is 2.29. The van der Waals surface area contributed by atoms with Crippen molar-refractivity contribution in [3.8, 4) is 0 Å². The minimum absolute atomic E-state index is 0.529. The molecular formula is C13H25N3O. The maximum atomic E-state index is 5.00. The van der Waals surface area contributed by atoms with E-state index in [0.29, 0.717) is 6.04 Å². The Morgan fingerprint density at radius 1 is 1.41 bits per heavy atom. The average molecular weight is 239 g/mol. The van der Waals surface area contributed by atoms with E-state index in [2.05, 4.69) is 42.1 Å². The van der Waals surface area contributed by atoms with Crippen LogP contribution in [0, 0.1) is 6.92 Å². The molecule has 0 fully saturated rings. The number of rotatable bonds is 8. The van der Waals surface area contributed by atoms with Crippen LogP contribution in [0.1, 0.15) is 44.0 Å². The zero-order chi connectivity index (χ0) is 12.7. The van der Waals surface area contributed by atoms with Crippen LogP contribution < -0.4 is 5.32 Å². The lowest BCUT2D eigenvalue weighted by Crippen LogP contribution is -2.18. The van der Waals surface area contributed by atoms with Gasteiger partial charge in [0.15, 0.2) is 0 Å². The first-order valence-electron chi connectivity index (χ1n) is 6.47. The first kappa shape index (κ1) is 14.2. The van der Waals surface area contributed by atoms with Gasteiger partial charge in [-0.1, -0.05) is 13.8 Å². The van der Waals surface area contributed by atoms with Crippen LogP contribution in [0.25, 0.3) is 0 Å². The molecule has 0 aliphatic carbocycles. The van der Waals surface area contributed by atoms with Crippen molar-refractivity contribution in [2.24, 2.45) is 0 Å². The van der Waals surface area contributed by atoms with Gasteiger partial charge in [0.25, 0.3) is 0 Å². The highest BCUT2D eigenvalue weighted by Crippen LogP contribution is 2.16. The fourth-order valence-electron chi connectivity index (χ4n) is 1.94. The summed E-state index contributed by atoms with van der Waals surface area (Å²) in [6.45, 7) is 9.00. The molecule has 1 aromatic heterocycles. The molecule has 0 bridgehead atoms. The average Bonchev–Trinajstić information content (AvgIpc) is 2.68. The van der Waals surface area contributed by atoms with Gasteiger partial charge in [0.2, 0.25) is 0 Å². The van der Waals surface area contributed by atoms with E-state index in [0.717, 1.165) is 38.2 Å². The van der Waals surface area contributed by atoms with E-state index in [1.165, 1.54) is 5.56 Å². The molecule has 0 aliphatic rings. The largest absolute Gasteiger partial charge is 0.383 e. The Balaban J connectivity index is 2.55. The molecule has 1 rings (SSSR count). The lowest BCUT2D eigenvalue weighted by molar-refractivity contribution is 0.199. The fraction of sp³-hybridized carbons (Fsp3) is 0.769. The normalized spacial score (nSPS) is 11.4. The van der Waals surface area contributed by atoms with Crippen molar-refractivity contribution in [3.63, 3.8) is 0 Å². The molecule has 98 valence electrons. The smallest absolute Gasteiger partial charge is 0.0638 e. The van der Waals surface area contributed by atoms with Crippen LogP contribution in [0.4, 0.5) is 0 Å². The lowest BCUT2D eigenvalue weighted by Gasteiger charge is -2.12. The second-order valence-electron chi connectivity index (χ2n) is 4.36. The molecule has 1 N–H and O–H groups in total. The van der Waals surface area contributed by atoms with E-state index in [-0.39, 0.29) is 0 Å². The van der Waals surface area contributed by atoms with Gasteiger partial charge in [0.1, 0.15) is 0 Å². The quantitative estimate of drug-likeness (QED) is 0.707. The van der Waals surface area contributed by atoms with Crippen molar-refractivity contribution in [3.05, 3.63) is 17.5 Å². The number of ether oxygens (including phenoxy) is 1. The molecule has 0 atom stereocenters. The van der Waals surface area contributed by atoms with Crippen molar-refractivity contribution in [1.29, 1.82) is 0 Å². The second kappa shape index (κ2) is 7.45. The van der Waals surface area contributed by atoms with Crippen molar-refractivity contribution >= 4 is 0 Å². The van der Waals surface area contributed by atoms with Crippen LogP contribution in [0.5, 0.6) is 0 Å². The fourth-order valence-corrected chi connectivity index (χ4v) is 1.94. The van der Waals surface area contributed by atoms with Crippen LogP contribution in [0.15, 0.2) is 6.20 Å². The Labute approximate surface area is 104 Å². The van der Waals surface area contributed by atoms with Crippen LogP contribution in [0.3, 0.4) is 0 Å². The Morgan fingerprint density at radius 3 is 2.71 bits per heavy atom. The summed E-state index contributed by atoms with van der Waals surface area (Å²) in [6, 6.07) is 0.529. The number of nitrogens with one attached hydrogen (secondary N) is 1. The summed E-state index contributed by atoms with van der Waals surface area (Å²) in [5.41, 5.74) is 2.41. The van der Waals surface area contributed by atoms with Crippen LogP contribution >= 0.6 is 0 Å². The third-order valence-electron chi connectivity index (χ3n) is 3.13. The number of aromatic nitrogens is 2. The minimum atomic E-state index is 0.529. The zero-order valence-electron chi connectivity index (χ0n) is 11.5. The summed E-state index contributed by atoms with van der Waals surface area (Å²) >= 11 is 0. The molecule has 4 nitrogen and oxygen atoms in total. The van der Waals surface area contributed by atoms with Gasteiger partial charge < -0.3 is 10.1 Å². The molecule has 1 aromatic rings. The Bertz CT molecular complexity index is 318. The third kappa shape index (κ3) is 4.13. The minimum Gasteiger partial charge on any atom is -0.383 e. The van der Waals surface area contributed by atoms with E-state index >= 15 is 0 Å². The second-order valence-corrected chi connectivity index (χ2v) is 4.36. The van der Waals surface area contributed by atoms with Gasteiger partial charge in [0.05, 0.1) is 18.3 Å². The Morgan fingerprint density at radius 2 is 2.12 bits per heavy atom. The van der Waals surface area contributed by atoms with E-state index in [1.54, 1.807) is 7.11 Å². The first-order chi connectivity index (χ1) is 8.22. The highest BCUT2D eigenvalue weighted by atomic mass is 16.5. The number of hydrogen-bond donors (Lipinski definition) is 1. The SMILES string of the molecule is CCC(CC)n1cc(CNCCOC)c(C)n1. The molecule has 0 aromatic carbocycles. The topological polar surface area (TPSA) is 39.1 Å². The highest BCUT2D eigenvalue weighted by Gasteiger charge is 2.10. The molecule has 0 saturated carbocycles. The van der Waals surface area contributed by atoms with E-state index in [9.17, 15) is 0 Å². The van der Waals surface area contributed by atoms with Gasteiger partial charge in [-0.3, -0.25) is 4.68 Å². The molecule has 0 saturated heterocycles. The number of methoxy groups -OCH3 is 1. The monoisotopic (exact) mass is 239 g/mol. The van der Waals surface area contributed by atoms with Gasteiger partial charge in [-0.05, 0) is 19.8 Å². The maximum absolute atomic E-state index is 5.00. The van der Waals surface area contributed by atoms with Crippen molar-refractivity contribution in [2.75, 3.05) is 20.3 Å².